The molecule has 84 valence electrons. The zero-order chi connectivity index (χ0) is 11.8. The number of thiazole rings is 1. The van der Waals surface area contributed by atoms with Crippen LogP contribution in [-0.4, -0.2) is 9.97 Å². The number of benzene rings is 1. The minimum Gasteiger partial charge on any atom is -0.384 e. The molecule has 2 heterocycles. The van der Waals surface area contributed by atoms with E-state index in [1.807, 2.05) is 18.2 Å². The molecule has 2 aromatic heterocycles. The van der Waals surface area contributed by atoms with Crippen molar-refractivity contribution in [3.63, 3.8) is 0 Å². The summed E-state index contributed by atoms with van der Waals surface area (Å²) >= 11 is 5.10. The first-order valence-electron chi connectivity index (χ1n) is 5.00. The molecule has 0 radical (unpaired) electrons. The minimum atomic E-state index is 0.526. The van der Waals surface area contributed by atoms with E-state index >= 15 is 0 Å². The molecule has 3 aromatic rings. The highest BCUT2D eigenvalue weighted by Gasteiger charge is 2.06. The zero-order valence-electron chi connectivity index (χ0n) is 8.72. The first-order valence-corrected chi connectivity index (χ1v) is 6.61. The smallest absolute Gasteiger partial charge is 0.126 e. The highest BCUT2D eigenvalue weighted by atomic mass is 79.9. The fourth-order valence-electron chi connectivity index (χ4n) is 1.56. The maximum absolute atomic E-state index is 5.57. The summed E-state index contributed by atoms with van der Waals surface area (Å²) in [5, 5.41) is 0.964. The van der Waals surface area contributed by atoms with E-state index in [9.17, 15) is 0 Å². The quantitative estimate of drug-likeness (QED) is 0.746. The van der Waals surface area contributed by atoms with Crippen molar-refractivity contribution in [1.82, 2.24) is 9.97 Å². The summed E-state index contributed by atoms with van der Waals surface area (Å²) in [5.41, 5.74) is 7.56. The Morgan fingerprint density at radius 1 is 1.18 bits per heavy atom. The lowest BCUT2D eigenvalue weighted by Gasteiger charge is -1.95. The number of hydrogen-bond donors (Lipinski definition) is 1. The van der Waals surface area contributed by atoms with Crippen LogP contribution in [0.15, 0.2) is 41.0 Å². The van der Waals surface area contributed by atoms with Gasteiger partial charge in [0.2, 0.25) is 0 Å². The predicted molar refractivity (Wildman–Crippen MR) is 75.0 cm³/mol. The van der Waals surface area contributed by atoms with Gasteiger partial charge in [-0.3, -0.25) is 0 Å². The largest absolute Gasteiger partial charge is 0.384 e. The summed E-state index contributed by atoms with van der Waals surface area (Å²) in [7, 11) is 0. The number of rotatable bonds is 1. The summed E-state index contributed by atoms with van der Waals surface area (Å²) in [6.07, 6.45) is 1.75. The van der Waals surface area contributed by atoms with Gasteiger partial charge >= 0.3 is 0 Å². The van der Waals surface area contributed by atoms with Crippen LogP contribution in [0.2, 0.25) is 0 Å². The lowest BCUT2D eigenvalue weighted by Crippen LogP contribution is -1.88. The van der Waals surface area contributed by atoms with Crippen LogP contribution >= 0.6 is 27.3 Å². The average molecular weight is 306 g/mol. The third-order valence-electron chi connectivity index (χ3n) is 2.38. The Kier molecular flexibility index (Phi) is 2.57. The molecule has 5 heteroatoms. The number of fused-ring (bicyclic) bond motifs is 1. The van der Waals surface area contributed by atoms with E-state index in [0.29, 0.717) is 5.82 Å². The van der Waals surface area contributed by atoms with Gasteiger partial charge in [0.1, 0.15) is 10.8 Å². The zero-order valence-corrected chi connectivity index (χ0v) is 11.1. The number of nitrogens with zero attached hydrogens (tertiary/aromatic N) is 2. The molecule has 0 fully saturated rings. The molecule has 0 aliphatic rings. The second-order valence-electron chi connectivity index (χ2n) is 3.60. The highest BCUT2D eigenvalue weighted by Crippen LogP contribution is 2.31. The third-order valence-corrected chi connectivity index (χ3v) is 3.96. The molecule has 1 aromatic carbocycles. The van der Waals surface area contributed by atoms with Gasteiger partial charge in [-0.05, 0) is 30.3 Å². The van der Waals surface area contributed by atoms with Crippen molar-refractivity contribution >= 4 is 43.3 Å². The Morgan fingerprint density at radius 3 is 2.82 bits per heavy atom. The Labute approximate surface area is 110 Å². The highest BCUT2D eigenvalue weighted by molar-refractivity contribution is 9.10. The normalized spacial score (nSPS) is 10.9. The van der Waals surface area contributed by atoms with Crippen molar-refractivity contribution < 1.29 is 0 Å². The van der Waals surface area contributed by atoms with Crippen LogP contribution in [-0.2, 0) is 0 Å². The molecule has 0 atom stereocenters. The van der Waals surface area contributed by atoms with Crippen molar-refractivity contribution in [1.29, 1.82) is 0 Å². The lowest BCUT2D eigenvalue weighted by molar-refractivity contribution is 1.33. The van der Waals surface area contributed by atoms with E-state index in [0.717, 1.165) is 20.6 Å². The molecule has 0 bridgehead atoms. The fraction of sp³-hybridized carbons (Fsp3) is 0. The summed E-state index contributed by atoms with van der Waals surface area (Å²) < 4.78 is 2.21. The summed E-state index contributed by atoms with van der Waals surface area (Å²) in [4.78, 5) is 8.66. The van der Waals surface area contributed by atoms with Gasteiger partial charge in [-0.2, -0.15) is 0 Å². The van der Waals surface area contributed by atoms with Crippen LogP contribution in [0.25, 0.3) is 20.8 Å². The number of halogens is 1. The van der Waals surface area contributed by atoms with Gasteiger partial charge in [0, 0.05) is 16.2 Å². The molecular weight excluding hydrogens is 298 g/mol. The Bertz CT molecular complexity index is 676. The lowest BCUT2D eigenvalue weighted by atomic mass is 10.3. The number of nitrogens with two attached hydrogens (primary N) is 1. The van der Waals surface area contributed by atoms with Gasteiger partial charge in [0.15, 0.2) is 0 Å². The maximum atomic E-state index is 5.57. The second-order valence-corrected chi connectivity index (χ2v) is 5.55. The number of pyridine rings is 1. The van der Waals surface area contributed by atoms with Crippen molar-refractivity contribution in [2.75, 3.05) is 5.73 Å². The first kappa shape index (κ1) is 10.7. The maximum Gasteiger partial charge on any atom is 0.126 e. The van der Waals surface area contributed by atoms with Crippen molar-refractivity contribution in [2.45, 2.75) is 0 Å². The van der Waals surface area contributed by atoms with Gasteiger partial charge in [-0.15, -0.1) is 11.3 Å². The number of anilines is 1. The summed E-state index contributed by atoms with van der Waals surface area (Å²) in [5.74, 6) is 0.526. The number of hydrogen-bond acceptors (Lipinski definition) is 4. The van der Waals surface area contributed by atoms with E-state index in [1.165, 1.54) is 4.70 Å². The van der Waals surface area contributed by atoms with E-state index in [4.69, 9.17) is 5.73 Å². The Balaban J connectivity index is 2.14. The molecule has 0 unspecified atom stereocenters. The van der Waals surface area contributed by atoms with Crippen LogP contribution < -0.4 is 5.73 Å². The second kappa shape index (κ2) is 4.09. The summed E-state index contributed by atoms with van der Waals surface area (Å²) in [6.45, 7) is 0. The molecule has 0 aliphatic heterocycles. The molecule has 0 saturated carbocycles. The van der Waals surface area contributed by atoms with Crippen LogP contribution in [0.4, 0.5) is 5.82 Å². The SMILES string of the molecule is Nc1ccc(-c2nc3cc(Br)ccc3s2)cn1. The van der Waals surface area contributed by atoms with E-state index in [1.54, 1.807) is 23.6 Å². The number of nitrogen functional groups attached to an aromatic ring is 1. The van der Waals surface area contributed by atoms with Crippen molar-refractivity contribution in [3.8, 4) is 10.6 Å². The average Bonchev–Trinajstić information content (AvgIpc) is 2.72. The topological polar surface area (TPSA) is 51.8 Å². The van der Waals surface area contributed by atoms with E-state index < -0.39 is 0 Å². The van der Waals surface area contributed by atoms with Gasteiger partial charge in [-0.25, -0.2) is 9.97 Å². The molecule has 3 nitrogen and oxygen atoms in total. The standard InChI is InChI=1S/C12H8BrN3S/c13-8-2-3-10-9(5-8)16-12(17-10)7-1-4-11(14)15-6-7/h1-6H,(H2,14,15). The van der Waals surface area contributed by atoms with Crippen LogP contribution in [0, 0.1) is 0 Å². The predicted octanol–water partition coefficient (Wildman–Crippen LogP) is 3.70. The molecular formula is C12H8BrN3S. The monoisotopic (exact) mass is 305 g/mol. The van der Waals surface area contributed by atoms with Gasteiger partial charge in [0.25, 0.3) is 0 Å². The first-order chi connectivity index (χ1) is 8.22. The molecule has 2 N–H and O–H groups in total. The van der Waals surface area contributed by atoms with E-state index in [-0.39, 0.29) is 0 Å². The van der Waals surface area contributed by atoms with Crippen molar-refractivity contribution in [3.05, 3.63) is 41.0 Å². The summed E-state index contributed by atoms with van der Waals surface area (Å²) in [6, 6.07) is 9.82. The molecule has 0 saturated heterocycles. The molecule has 17 heavy (non-hydrogen) atoms. The van der Waals surface area contributed by atoms with E-state index in [2.05, 4.69) is 32.0 Å². The molecule has 0 spiro atoms. The molecule has 3 rings (SSSR count). The molecule has 0 amide bonds. The molecule has 0 aliphatic carbocycles. The van der Waals surface area contributed by atoms with Gasteiger partial charge in [-0.1, -0.05) is 15.9 Å². The van der Waals surface area contributed by atoms with Crippen LogP contribution in [0.5, 0.6) is 0 Å². The number of aromatic nitrogens is 2. The van der Waals surface area contributed by atoms with Gasteiger partial charge in [0.05, 0.1) is 10.2 Å². The fourth-order valence-corrected chi connectivity index (χ4v) is 2.84. The van der Waals surface area contributed by atoms with Crippen LogP contribution in [0.3, 0.4) is 0 Å². The Hall–Kier alpha value is -1.46. The van der Waals surface area contributed by atoms with Gasteiger partial charge < -0.3 is 5.73 Å². The Morgan fingerprint density at radius 2 is 2.06 bits per heavy atom. The third kappa shape index (κ3) is 2.03. The minimum absolute atomic E-state index is 0.526. The van der Waals surface area contributed by atoms with Crippen molar-refractivity contribution in [2.24, 2.45) is 0 Å². The van der Waals surface area contributed by atoms with Crippen LogP contribution in [0.1, 0.15) is 0 Å².